The van der Waals surface area contributed by atoms with Crippen molar-refractivity contribution in [1.82, 2.24) is 14.5 Å². The van der Waals surface area contributed by atoms with E-state index in [4.69, 9.17) is 16.3 Å². The van der Waals surface area contributed by atoms with Gasteiger partial charge in [0.15, 0.2) is 5.69 Å². The van der Waals surface area contributed by atoms with Crippen molar-refractivity contribution in [2.24, 2.45) is 0 Å². The van der Waals surface area contributed by atoms with E-state index in [1.165, 1.54) is 0 Å². The first-order valence-electron chi connectivity index (χ1n) is 12.5. The van der Waals surface area contributed by atoms with Crippen LogP contribution in [0.3, 0.4) is 0 Å². The van der Waals surface area contributed by atoms with Crippen molar-refractivity contribution in [2.75, 3.05) is 13.2 Å². The van der Waals surface area contributed by atoms with Gasteiger partial charge in [-0.2, -0.15) is 18.2 Å². The summed E-state index contributed by atoms with van der Waals surface area (Å²) in [6.07, 6.45) is 1.01. The van der Waals surface area contributed by atoms with E-state index in [0.717, 1.165) is 49.5 Å². The highest BCUT2D eigenvalue weighted by Crippen LogP contribution is 2.44. The van der Waals surface area contributed by atoms with E-state index in [1.54, 1.807) is 4.57 Å². The molecular weight excluding hydrogens is 495 g/mol. The van der Waals surface area contributed by atoms with Gasteiger partial charge in [0, 0.05) is 29.9 Å². The first-order valence-corrected chi connectivity index (χ1v) is 12.9. The highest BCUT2D eigenvalue weighted by atomic mass is 35.5. The van der Waals surface area contributed by atoms with Crippen LogP contribution in [0.2, 0.25) is 5.02 Å². The lowest BCUT2D eigenvalue weighted by Crippen LogP contribution is -2.52. The zero-order valence-electron chi connectivity index (χ0n) is 20.5. The largest absolute Gasteiger partial charge is 0.486 e. The van der Waals surface area contributed by atoms with Gasteiger partial charge in [-0.25, -0.2) is 0 Å². The summed E-state index contributed by atoms with van der Waals surface area (Å²) in [6, 6.07) is 5.63. The Morgan fingerprint density at radius 2 is 1.81 bits per heavy atom. The Morgan fingerprint density at radius 1 is 1.14 bits per heavy atom. The first kappa shape index (κ1) is 26.5. The summed E-state index contributed by atoms with van der Waals surface area (Å²) in [4.78, 5) is 31.7. The summed E-state index contributed by atoms with van der Waals surface area (Å²) in [5.41, 5.74) is -0.0700. The van der Waals surface area contributed by atoms with E-state index in [1.807, 2.05) is 31.2 Å². The quantitative estimate of drug-likeness (QED) is 0.425. The van der Waals surface area contributed by atoms with Crippen molar-refractivity contribution in [1.29, 1.82) is 0 Å². The number of hydrogen-bond donors (Lipinski definition) is 0. The average Bonchev–Trinajstić information content (AvgIpc) is 3.30. The van der Waals surface area contributed by atoms with Crippen LogP contribution in [0.25, 0.3) is 0 Å². The molecule has 6 nitrogen and oxygen atoms in total. The van der Waals surface area contributed by atoms with Crippen LogP contribution in [0.4, 0.5) is 13.2 Å². The standard InChI is InChI=1S/C26H31ClF3N3O3/c1-3-4-15-36-22-21-24(35)32(17(2)26(28,29)30)13-14-33(21)20(31-23(22)34)16-25(11-5-6-12-25)18-7-9-19(27)10-8-18/h7-10,17H,3-6,11-16H2,1-2H3. The molecule has 0 radical (unpaired) electrons. The van der Waals surface area contributed by atoms with E-state index < -0.39 is 23.7 Å². The third-order valence-electron chi connectivity index (χ3n) is 7.45. The van der Waals surface area contributed by atoms with Crippen LogP contribution in [0.15, 0.2) is 29.1 Å². The van der Waals surface area contributed by atoms with Crippen LogP contribution in [-0.2, 0) is 18.4 Å². The Hall–Kier alpha value is -2.55. The molecular formula is C26H31ClF3N3O3. The van der Waals surface area contributed by atoms with Crippen LogP contribution in [0.1, 0.15) is 74.2 Å². The minimum absolute atomic E-state index is 0.102. The first-order chi connectivity index (χ1) is 17.1. The van der Waals surface area contributed by atoms with Crippen molar-refractivity contribution in [3.8, 4) is 5.75 Å². The molecule has 1 unspecified atom stereocenters. The maximum Gasteiger partial charge on any atom is 0.408 e. The van der Waals surface area contributed by atoms with Crippen molar-refractivity contribution in [2.45, 2.75) is 83.0 Å². The van der Waals surface area contributed by atoms with E-state index >= 15 is 0 Å². The molecule has 2 aliphatic rings. The van der Waals surface area contributed by atoms with Crippen LogP contribution in [0.5, 0.6) is 5.75 Å². The number of nitrogens with zero attached hydrogens (tertiary/aromatic N) is 3. The molecule has 2 heterocycles. The van der Waals surface area contributed by atoms with Crippen molar-refractivity contribution < 1.29 is 22.7 Å². The van der Waals surface area contributed by atoms with E-state index in [0.29, 0.717) is 23.7 Å². The summed E-state index contributed by atoms with van der Waals surface area (Å²) in [7, 11) is 0. The van der Waals surface area contributed by atoms with E-state index in [-0.39, 0.29) is 36.6 Å². The van der Waals surface area contributed by atoms with Crippen LogP contribution in [0, 0.1) is 0 Å². The van der Waals surface area contributed by atoms with Gasteiger partial charge in [0.2, 0.25) is 5.75 Å². The number of halogens is 4. The second-order valence-electron chi connectivity index (χ2n) is 9.75. The number of alkyl halides is 3. The molecule has 1 aliphatic carbocycles. The number of amides is 1. The van der Waals surface area contributed by atoms with Gasteiger partial charge in [-0.3, -0.25) is 9.59 Å². The molecule has 1 atom stereocenters. The fourth-order valence-electron chi connectivity index (χ4n) is 5.34. The molecule has 1 aromatic heterocycles. The minimum Gasteiger partial charge on any atom is -0.486 e. The lowest BCUT2D eigenvalue weighted by atomic mass is 9.76. The molecule has 36 heavy (non-hydrogen) atoms. The lowest BCUT2D eigenvalue weighted by molar-refractivity contribution is -0.172. The van der Waals surface area contributed by atoms with Gasteiger partial charge in [0.25, 0.3) is 5.91 Å². The van der Waals surface area contributed by atoms with Crippen molar-refractivity contribution in [3.05, 3.63) is 56.7 Å². The molecule has 2 aromatic rings. The highest BCUT2D eigenvalue weighted by molar-refractivity contribution is 6.30. The monoisotopic (exact) mass is 525 g/mol. The summed E-state index contributed by atoms with van der Waals surface area (Å²) in [5, 5.41) is 0.622. The molecule has 1 aromatic carbocycles. The molecule has 10 heteroatoms. The second-order valence-corrected chi connectivity index (χ2v) is 10.2. The summed E-state index contributed by atoms with van der Waals surface area (Å²) in [6.45, 7) is 3.05. The Kier molecular flexibility index (Phi) is 7.69. The number of ether oxygens (including phenoxy) is 1. The van der Waals surface area contributed by atoms with Gasteiger partial charge in [0.1, 0.15) is 11.9 Å². The molecule has 196 valence electrons. The minimum atomic E-state index is -4.58. The van der Waals surface area contributed by atoms with Gasteiger partial charge < -0.3 is 14.2 Å². The number of aromatic nitrogens is 2. The molecule has 4 rings (SSSR count). The fraction of sp³-hybridized carbons (Fsp3) is 0.577. The molecule has 1 aliphatic heterocycles. The summed E-state index contributed by atoms with van der Waals surface area (Å²) < 4.78 is 47.8. The summed E-state index contributed by atoms with van der Waals surface area (Å²) in [5.74, 6) is -0.712. The number of benzene rings is 1. The van der Waals surface area contributed by atoms with E-state index in [2.05, 4.69) is 4.98 Å². The topological polar surface area (TPSA) is 64.4 Å². The number of carbonyl (C=O) groups excluding carboxylic acids is 1. The highest BCUT2D eigenvalue weighted by Gasteiger charge is 2.46. The predicted molar refractivity (Wildman–Crippen MR) is 131 cm³/mol. The molecule has 1 amide bonds. The third-order valence-corrected chi connectivity index (χ3v) is 7.70. The Labute approximate surface area is 213 Å². The fourth-order valence-corrected chi connectivity index (χ4v) is 5.46. The maximum atomic E-state index is 13.5. The van der Waals surface area contributed by atoms with E-state index in [9.17, 15) is 22.8 Å². The smallest absolute Gasteiger partial charge is 0.408 e. The zero-order chi connectivity index (χ0) is 26.1. The SMILES string of the molecule is CCCCOc1c2n(c(CC3(c4ccc(Cl)cc4)CCCC3)nc1=O)CCN(C(C)C(F)(F)F)C2=O. The lowest BCUT2D eigenvalue weighted by Gasteiger charge is -2.37. The van der Waals surface area contributed by atoms with Crippen LogP contribution < -0.4 is 10.3 Å². The van der Waals surface area contributed by atoms with Crippen molar-refractivity contribution >= 4 is 17.5 Å². The molecule has 0 spiro atoms. The number of fused-ring (bicyclic) bond motifs is 1. The second kappa shape index (κ2) is 10.4. The average molecular weight is 526 g/mol. The number of carbonyl (C=O) groups is 1. The molecule has 0 bridgehead atoms. The Balaban J connectivity index is 1.79. The maximum absolute atomic E-state index is 13.5. The normalized spacial score (nSPS) is 18.3. The van der Waals surface area contributed by atoms with Crippen LogP contribution in [-0.4, -0.2) is 45.7 Å². The Bertz CT molecular complexity index is 1160. The number of hydrogen-bond acceptors (Lipinski definition) is 4. The molecule has 1 fully saturated rings. The number of unbranched alkanes of at least 4 members (excludes halogenated alkanes) is 1. The van der Waals surface area contributed by atoms with Crippen LogP contribution >= 0.6 is 11.6 Å². The predicted octanol–water partition coefficient (Wildman–Crippen LogP) is 5.54. The Morgan fingerprint density at radius 3 is 2.42 bits per heavy atom. The number of rotatable bonds is 8. The zero-order valence-corrected chi connectivity index (χ0v) is 21.3. The van der Waals surface area contributed by atoms with Crippen molar-refractivity contribution in [3.63, 3.8) is 0 Å². The van der Waals surface area contributed by atoms with Gasteiger partial charge in [-0.05, 0) is 43.9 Å². The van der Waals surface area contributed by atoms with Gasteiger partial charge >= 0.3 is 11.7 Å². The molecule has 0 N–H and O–H groups in total. The third kappa shape index (κ3) is 5.12. The van der Waals surface area contributed by atoms with Gasteiger partial charge in [-0.15, -0.1) is 0 Å². The van der Waals surface area contributed by atoms with Gasteiger partial charge in [0.05, 0.1) is 6.61 Å². The summed E-state index contributed by atoms with van der Waals surface area (Å²) >= 11 is 6.10. The van der Waals surface area contributed by atoms with Gasteiger partial charge in [-0.1, -0.05) is 49.9 Å². The molecule has 0 saturated heterocycles. The molecule has 1 saturated carbocycles.